The summed E-state index contributed by atoms with van der Waals surface area (Å²) in [5.41, 5.74) is 1.37. The summed E-state index contributed by atoms with van der Waals surface area (Å²) < 4.78 is 46.0. The van der Waals surface area contributed by atoms with E-state index in [-0.39, 0.29) is 28.0 Å². The zero-order valence-corrected chi connectivity index (χ0v) is 23.1. The van der Waals surface area contributed by atoms with Gasteiger partial charge in [-0.05, 0) is 86.5 Å². The van der Waals surface area contributed by atoms with Crippen LogP contribution in [0.15, 0.2) is 46.2 Å². The predicted molar refractivity (Wildman–Crippen MR) is 148 cm³/mol. The van der Waals surface area contributed by atoms with Crippen LogP contribution < -0.4 is 10.9 Å². The predicted octanol–water partition coefficient (Wildman–Crippen LogP) is 3.35. The first-order chi connectivity index (χ1) is 18.6. The van der Waals surface area contributed by atoms with Gasteiger partial charge < -0.3 is 14.8 Å². The monoisotopic (exact) mass is 552 g/mol. The second-order valence-electron chi connectivity index (χ2n) is 11.2. The molecule has 0 spiro atoms. The highest BCUT2D eigenvalue weighted by Crippen LogP contribution is 2.34. The molecule has 1 amide bonds. The number of nitrogens with zero attached hydrogens (tertiary/aromatic N) is 3. The minimum Gasteiger partial charge on any atom is -0.349 e. The molecule has 3 aliphatic rings. The summed E-state index contributed by atoms with van der Waals surface area (Å²) >= 11 is 0. The van der Waals surface area contributed by atoms with Crippen molar-refractivity contribution < 1.29 is 17.6 Å². The molecule has 2 heterocycles. The fourth-order valence-corrected chi connectivity index (χ4v) is 6.85. The number of rotatable bonds is 7. The van der Waals surface area contributed by atoms with Crippen molar-refractivity contribution in [1.29, 1.82) is 0 Å². The Morgan fingerprint density at radius 1 is 1.03 bits per heavy atom. The number of amides is 1. The SMILES string of the molecule is Cc1c(F)cc(C(=O)NC2CC2)cc1-c1ccc2c(=O)n(CC3CC3)cc(S(=O)(=O)N3CCN(C)CC3)c2c1. The highest BCUT2D eigenvalue weighted by molar-refractivity contribution is 7.89. The fraction of sp³-hybridized carbons (Fsp3) is 0.448. The number of pyridine rings is 1. The Balaban J connectivity index is 1.50. The van der Waals surface area contributed by atoms with Gasteiger partial charge in [0.1, 0.15) is 10.7 Å². The van der Waals surface area contributed by atoms with Crippen LogP contribution in [0.2, 0.25) is 0 Å². The van der Waals surface area contributed by atoms with E-state index in [0.29, 0.717) is 66.1 Å². The molecule has 3 fully saturated rings. The molecule has 0 bridgehead atoms. The van der Waals surface area contributed by atoms with Crippen LogP contribution in [-0.4, -0.2) is 67.4 Å². The molecule has 2 saturated carbocycles. The molecule has 6 rings (SSSR count). The lowest BCUT2D eigenvalue weighted by Gasteiger charge is -2.32. The van der Waals surface area contributed by atoms with E-state index in [1.54, 1.807) is 31.2 Å². The van der Waals surface area contributed by atoms with E-state index < -0.39 is 15.8 Å². The van der Waals surface area contributed by atoms with Crippen LogP contribution in [0.5, 0.6) is 0 Å². The van der Waals surface area contributed by atoms with E-state index >= 15 is 4.39 Å². The van der Waals surface area contributed by atoms with E-state index in [4.69, 9.17) is 0 Å². The highest BCUT2D eigenvalue weighted by atomic mass is 32.2. The van der Waals surface area contributed by atoms with E-state index in [9.17, 15) is 18.0 Å². The van der Waals surface area contributed by atoms with Crippen molar-refractivity contribution in [2.45, 2.75) is 50.1 Å². The lowest BCUT2D eigenvalue weighted by Crippen LogP contribution is -2.47. The van der Waals surface area contributed by atoms with Gasteiger partial charge >= 0.3 is 0 Å². The van der Waals surface area contributed by atoms with Crippen LogP contribution >= 0.6 is 0 Å². The van der Waals surface area contributed by atoms with Crippen LogP contribution in [0.4, 0.5) is 4.39 Å². The molecule has 39 heavy (non-hydrogen) atoms. The zero-order chi connectivity index (χ0) is 27.5. The summed E-state index contributed by atoms with van der Waals surface area (Å²) in [7, 11) is -1.94. The number of carbonyl (C=O) groups is 1. The average molecular weight is 553 g/mol. The van der Waals surface area contributed by atoms with E-state index in [1.807, 2.05) is 7.05 Å². The summed E-state index contributed by atoms with van der Waals surface area (Å²) in [5, 5.41) is 3.52. The van der Waals surface area contributed by atoms with Crippen LogP contribution in [0, 0.1) is 18.7 Å². The van der Waals surface area contributed by atoms with Crippen molar-refractivity contribution in [3.8, 4) is 11.1 Å². The van der Waals surface area contributed by atoms with E-state index in [2.05, 4.69) is 10.2 Å². The fourth-order valence-electron chi connectivity index (χ4n) is 5.22. The minimum atomic E-state index is -3.90. The molecule has 1 aromatic heterocycles. The molecule has 0 radical (unpaired) electrons. The minimum absolute atomic E-state index is 0.0879. The number of hydrogen-bond acceptors (Lipinski definition) is 5. The number of sulfonamides is 1. The van der Waals surface area contributed by atoms with Gasteiger partial charge in [0.05, 0.1) is 0 Å². The maximum absolute atomic E-state index is 15.0. The van der Waals surface area contributed by atoms with Crippen molar-refractivity contribution in [1.82, 2.24) is 19.1 Å². The number of nitrogens with one attached hydrogen (secondary N) is 1. The third-order valence-corrected chi connectivity index (χ3v) is 10.0. The number of fused-ring (bicyclic) bond motifs is 1. The molecule has 8 nitrogen and oxygen atoms in total. The number of hydrogen-bond donors (Lipinski definition) is 1. The lowest BCUT2D eigenvalue weighted by atomic mass is 9.95. The average Bonchev–Trinajstić information content (AvgIpc) is 3.84. The maximum Gasteiger partial charge on any atom is 0.258 e. The van der Waals surface area contributed by atoms with Gasteiger partial charge in [-0.25, -0.2) is 12.8 Å². The van der Waals surface area contributed by atoms with Crippen molar-refractivity contribution >= 4 is 26.7 Å². The molecule has 2 aliphatic carbocycles. The van der Waals surface area contributed by atoms with Gasteiger partial charge in [-0.3, -0.25) is 9.59 Å². The molecule has 10 heteroatoms. The van der Waals surface area contributed by atoms with Gasteiger partial charge in [0, 0.05) is 61.3 Å². The largest absolute Gasteiger partial charge is 0.349 e. The smallest absolute Gasteiger partial charge is 0.258 e. The Kier molecular flexibility index (Phi) is 6.60. The van der Waals surface area contributed by atoms with Crippen molar-refractivity contribution in [3.63, 3.8) is 0 Å². The molecule has 3 aromatic rings. The van der Waals surface area contributed by atoms with Gasteiger partial charge in [-0.1, -0.05) is 6.07 Å². The van der Waals surface area contributed by atoms with Crippen molar-refractivity contribution in [3.05, 3.63) is 63.8 Å². The highest BCUT2D eigenvalue weighted by Gasteiger charge is 2.32. The first kappa shape index (κ1) is 26.2. The molecule has 1 saturated heterocycles. The van der Waals surface area contributed by atoms with Gasteiger partial charge in [-0.2, -0.15) is 4.31 Å². The van der Waals surface area contributed by atoms with Crippen molar-refractivity contribution in [2.75, 3.05) is 33.2 Å². The summed E-state index contributed by atoms with van der Waals surface area (Å²) in [4.78, 5) is 28.3. The first-order valence-electron chi connectivity index (χ1n) is 13.6. The lowest BCUT2D eigenvalue weighted by molar-refractivity contribution is 0.0950. The standard InChI is InChI=1S/C29H33FN4O4S/c1-18-24(14-21(15-26(18)30)28(35)31-22-6-7-22)20-5-8-23-25(13-20)27(17-33(29(23)36)16-19-3-4-19)39(37,38)34-11-9-32(2)10-12-34/h5,8,13-15,17,19,22H,3-4,6-7,9-12,16H2,1-2H3,(H,31,35). The summed E-state index contributed by atoms with van der Waals surface area (Å²) in [6.07, 6.45) is 5.38. The van der Waals surface area contributed by atoms with Crippen LogP contribution in [0.3, 0.4) is 0 Å². The number of likely N-dealkylation sites (N-methyl/N-ethyl adjacent to an activating group) is 1. The van der Waals surface area contributed by atoms with Gasteiger partial charge in [-0.15, -0.1) is 0 Å². The second-order valence-corrected chi connectivity index (χ2v) is 13.1. The normalized spacial score (nSPS) is 18.9. The molecule has 206 valence electrons. The molecule has 0 unspecified atom stereocenters. The van der Waals surface area contributed by atoms with Gasteiger partial charge in [0.25, 0.3) is 11.5 Å². The quantitative estimate of drug-likeness (QED) is 0.486. The molecule has 1 aliphatic heterocycles. The summed E-state index contributed by atoms with van der Waals surface area (Å²) in [5.74, 6) is -0.466. The Morgan fingerprint density at radius 2 is 1.74 bits per heavy atom. The molecule has 2 aromatic carbocycles. The van der Waals surface area contributed by atoms with Gasteiger partial charge in [0.2, 0.25) is 10.0 Å². The van der Waals surface area contributed by atoms with Crippen molar-refractivity contribution in [2.24, 2.45) is 5.92 Å². The molecular formula is C29H33FN4O4S. The van der Waals surface area contributed by atoms with Crippen LogP contribution in [-0.2, 0) is 16.6 Å². The third kappa shape index (κ3) is 5.13. The topological polar surface area (TPSA) is 91.7 Å². The third-order valence-electron chi connectivity index (χ3n) is 8.11. The number of carbonyl (C=O) groups excluding carboxylic acids is 1. The summed E-state index contributed by atoms with van der Waals surface area (Å²) in [6.45, 7) is 4.10. The number of halogens is 1. The Morgan fingerprint density at radius 3 is 2.41 bits per heavy atom. The number of benzene rings is 2. The van der Waals surface area contributed by atoms with E-state index in [0.717, 1.165) is 25.7 Å². The molecular weight excluding hydrogens is 519 g/mol. The van der Waals surface area contributed by atoms with Crippen LogP contribution in [0.25, 0.3) is 21.9 Å². The second kappa shape index (κ2) is 9.83. The maximum atomic E-state index is 15.0. The number of piperazine rings is 1. The Hall–Kier alpha value is -3.08. The molecule has 1 N–H and O–H groups in total. The summed E-state index contributed by atoms with van der Waals surface area (Å²) in [6, 6.07) is 8.00. The number of aromatic nitrogens is 1. The van der Waals surface area contributed by atoms with Crippen LogP contribution in [0.1, 0.15) is 41.6 Å². The van der Waals surface area contributed by atoms with Gasteiger partial charge in [0.15, 0.2) is 0 Å². The molecule has 0 atom stereocenters. The zero-order valence-electron chi connectivity index (χ0n) is 22.2. The first-order valence-corrected chi connectivity index (χ1v) is 15.0. The van der Waals surface area contributed by atoms with E-state index in [1.165, 1.54) is 21.1 Å². The Bertz CT molecular complexity index is 1640. The Labute approximate surface area is 227 Å².